The number of benzene rings is 1. The number of aliphatic carboxylic acids is 1. The van der Waals surface area contributed by atoms with E-state index in [-0.39, 0.29) is 18.4 Å². The molecule has 5 heteroatoms. The van der Waals surface area contributed by atoms with E-state index in [1.54, 1.807) is 13.0 Å². The summed E-state index contributed by atoms with van der Waals surface area (Å²) < 4.78 is 13.3. The Balaban J connectivity index is 2.60. The Morgan fingerprint density at radius 2 is 2.24 bits per heavy atom. The zero-order chi connectivity index (χ0) is 13.0. The number of rotatable bonds is 5. The monoisotopic (exact) mass is 240 g/mol. The molecule has 17 heavy (non-hydrogen) atoms. The Hall–Kier alpha value is -1.46. The van der Waals surface area contributed by atoms with Crippen LogP contribution in [0.5, 0.6) is 0 Å². The second kappa shape index (κ2) is 5.75. The van der Waals surface area contributed by atoms with E-state index in [2.05, 4.69) is 5.32 Å². The fourth-order valence-electron chi connectivity index (χ4n) is 1.39. The zero-order valence-corrected chi connectivity index (χ0v) is 9.90. The van der Waals surface area contributed by atoms with Gasteiger partial charge in [-0.25, -0.2) is 4.39 Å². The number of hydrogen-bond acceptors (Lipinski definition) is 3. The molecule has 0 saturated carbocycles. The minimum Gasteiger partial charge on any atom is -0.480 e. The molecule has 0 heterocycles. The summed E-state index contributed by atoms with van der Waals surface area (Å²) in [5, 5.41) is 11.6. The molecule has 0 amide bonds. The molecule has 0 spiro atoms. The van der Waals surface area contributed by atoms with E-state index in [1.165, 1.54) is 6.07 Å². The van der Waals surface area contributed by atoms with Gasteiger partial charge in [0.1, 0.15) is 11.9 Å². The molecule has 1 aromatic rings. The van der Waals surface area contributed by atoms with E-state index in [0.717, 1.165) is 5.56 Å². The van der Waals surface area contributed by atoms with Crippen molar-refractivity contribution in [1.29, 1.82) is 0 Å². The van der Waals surface area contributed by atoms with Crippen molar-refractivity contribution in [2.45, 2.75) is 25.9 Å². The summed E-state index contributed by atoms with van der Waals surface area (Å²) in [6.07, 6.45) is 0. The highest BCUT2D eigenvalue weighted by molar-refractivity contribution is 5.73. The average Bonchev–Trinajstić information content (AvgIpc) is 2.28. The standard InChI is InChI=1S/C12H17FN2O2/c1-7-3-4-9(5-10(7)13)8(2)15-6-11(14)12(16)17/h3-5,8,11,15H,6,14H2,1-2H3,(H,16,17). The molecular weight excluding hydrogens is 223 g/mol. The van der Waals surface area contributed by atoms with Gasteiger partial charge < -0.3 is 16.2 Å². The van der Waals surface area contributed by atoms with Crippen LogP contribution in [0.3, 0.4) is 0 Å². The second-order valence-electron chi connectivity index (χ2n) is 4.08. The third-order valence-electron chi connectivity index (χ3n) is 2.66. The van der Waals surface area contributed by atoms with Crippen LogP contribution in [0.15, 0.2) is 18.2 Å². The van der Waals surface area contributed by atoms with E-state index < -0.39 is 12.0 Å². The molecule has 0 fully saturated rings. The predicted molar refractivity (Wildman–Crippen MR) is 63.2 cm³/mol. The highest BCUT2D eigenvalue weighted by Gasteiger charge is 2.13. The Morgan fingerprint density at radius 1 is 1.59 bits per heavy atom. The number of carbonyl (C=O) groups is 1. The molecule has 0 aliphatic carbocycles. The molecule has 0 aliphatic rings. The van der Waals surface area contributed by atoms with Gasteiger partial charge in [0, 0.05) is 12.6 Å². The van der Waals surface area contributed by atoms with Gasteiger partial charge in [-0.15, -0.1) is 0 Å². The van der Waals surface area contributed by atoms with Crippen LogP contribution in [-0.4, -0.2) is 23.7 Å². The third-order valence-corrected chi connectivity index (χ3v) is 2.66. The molecule has 94 valence electrons. The van der Waals surface area contributed by atoms with Gasteiger partial charge in [-0.3, -0.25) is 4.79 Å². The number of halogens is 1. The molecule has 0 saturated heterocycles. The van der Waals surface area contributed by atoms with E-state index in [9.17, 15) is 9.18 Å². The summed E-state index contributed by atoms with van der Waals surface area (Å²) in [6.45, 7) is 3.67. The van der Waals surface area contributed by atoms with Crippen molar-refractivity contribution in [3.63, 3.8) is 0 Å². The van der Waals surface area contributed by atoms with Gasteiger partial charge >= 0.3 is 5.97 Å². The van der Waals surface area contributed by atoms with Crippen molar-refractivity contribution >= 4 is 5.97 Å². The largest absolute Gasteiger partial charge is 0.480 e. The number of carboxylic acid groups (broad SMARTS) is 1. The number of hydrogen-bond donors (Lipinski definition) is 3. The molecule has 0 radical (unpaired) electrons. The van der Waals surface area contributed by atoms with Crippen LogP contribution in [0.25, 0.3) is 0 Å². The first-order chi connectivity index (χ1) is 7.91. The SMILES string of the molecule is Cc1ccc(C(C)NCC(N)C(=O)O)cc1F. The van der Waals surface area contributed by atoms with Gasteiger partial charge in [0.2, 0.25) is 0 Å². The summed E-state index contributed by atoms with van der Waals surface area (Å²) in [6, 6.07) is 3.85. The maximum atomic E-state index is 13.3. The van der Waals surface area contributed by atoms with Crippen LogP contribution in [0.2, 0.25) is 0 Å². The highest BCUT2D eigenvalue weighted by atomic mass is 19.1. The van der Waals surface area contributed by atoms with E-state index in [1.807, 2.05) is 13.0 Å². The third kappa shape index (κ3) is 3.80. The molecule has 4 N–H and O–H groups in total. The maximum Gasteiger partial charge on any atom is 0.321 e. The van der Waals surface area contributed by atoms with Crippen LogP contribution in [0.4, 0.5) is 4.39 Å². The molecule has 1 rings (SSSR count). The van der Waals surface area contributed by atoms with Gasteiger partial charge in [-0.2, -0.15) is 0 Å². The smallest absolute Gasteiger partial charge is 0.321 e. The Bertz CT molecular complexity index is 409. The molecule has 0 aromatic heterocycles. The summed E-state index contributed by atoms with van der Waals surface area (Å²) in [5.41, 5.74) is 6.72. The normalized spacial score (nSPS) is 14.4. The lowest BCUT2D eigenvalue weighted by Gasteiger charge is -2.16. The molecule has 2 unspecified atom stereocenters. The topological polar surface area (TPSA) is 75.3 Å². The first-order valence-electron chi connectivity index (χ1n) is 5.39. The summed E-state index contributed by atoms with van der Waals surface area (Å²) >= 11 is 0. The number of nitrogens with one attached hydrogen (secondary N) is 1. The molecule has 0 bridgehead atoms. The summed E-state index contributed by atoms with van der Waals surface area (Å²) in [4.78, 5) is 10.5. The van der Waals surface area contributed by atoms with Gasteiger partial charge in [0.15, 0.2) is 0 Å². The Kier molecular flexibility index (Phi) is 4.60. The van der Waals surface area contributed by atoms with Gasteiger partial charge in [0.05, 0.1) is 0 Å². The molecular formula is C12H17FN2O2. The first kappa shape index (κ1) is 13.6. The summed E-state index contributed by atoms with van der Waals surface area (Å²) in [5.74, 6) is -1.32. The Morgan fingerprint density at radius 3 is 2.76 bits per heavy atom. The molecule has 1 aromatic carbocycles. The number of carboxylic acids is 1. The fourth-order valence-corrected chi connectivity index (χ4v) is 1.39. The maximum absolute atomic E-state index is 13.3. The minimum absolute atomic E-state index is 0.143. The van der Waals surface area contributed by atoms with Crippen molar-refractivity contribution in [2.24, 2.45) is 5.73 Å². The first-order valence-corrected chi connectivity index (χ1v) is 5.39. The quantitative estimate of drug-likeness (QED) is 0.722. The van der Waals surface area contributed by atoms with Gasteiger partial charge in [-0.05, 0) is 31.0 Å². The highest BCUT2D eigenvalue weighted by Crippen LogP contribution is 2.15. The van der Waals surface area contributed by atoms with Crippen molar-refractivity contribution in [2.75, 3.05) is 6.54 Å². The fraction of sp³-hybridized carbons (Fsp3) is 0.417. The van der Waals surface area contributed by atoms with Gasteiger partial charge in [-0.1, -0.05) is 12.1 Å². The molecule has 0 aliphatic heterocycles. The van der Waals surface area contributed by atoms with Crippen LogP contribution >= 0.6 is 0 Å². The van der Waals surface area contributed by atoms with Crippen molar-refractivity contribution < 1.29 is 14.3 Å². The van der Waals surface area contributed by atoms with Crippen LogP contribution in [0, 0.1) is 12.7 Å². The lowest BCUT2D eigenvalue weighted by atomic mass is 10.1. The molecule has 2 atom stereocenters. The second-order valence-corrected chi connectivity index (χ2v) is 4.08. The lowest BCUT2D eigenvalue weighted by molar-refractivity contribution is -0.138. The van der Waals surface area contributed by atoms with Crippen molar-refractivity contribution in [3.05, 3.63) is 35.1 Å². The van der Waals surface area contributed by atoms with Crippen LogP contribution in [-0.2, 0) is 4.79 Å². The molecule has 4 nitrogen and oxygen atoms in total. The van der Waals surface area contributed by atoms with E-state index in [0.29, 0.717) is 5.56 Å². The average molecular weight is 240 g/mol. The van der Waals surface area contributed by atoms with E-state index in [4.69, 9.17) is 10.8 Å². The van der Waals surface area contributed by atoms with Crippen LogP contribution < -0.4 is 11.1 Å². The van der Waals surface area contributed by atoms with Crippen molar-refractivity contribution in [3.8, 4) is 0 Å². The predicted octanol–water partition coefficient (Wildman–Crippen LogP) is 1.20. The summed E-state index contributed by atoms with van der Waals surface area (Å²) in [7, 11) is 0. The Labute approximate surface area is 99.6 Å². The number of nitrogens with two attached hydrogens (primary N) is 1. The van der Waals surface area contributed by atoms with Crippen LogP contribution in [0.1, 0.15) is 24.1 Å². The van der Waals surface area contributed by atoms with E-state index >= 15 is 0 Å². The zero-order valence-electron chi connectivity index (χ0n) is 9.90. The van der Waals surface area contributed by atoms with Gasteiger partial charge in [0.25, 0.3) is 0 Å². The lowest BCUT2D eigenvalue weighted by Crippen LogP contribution is -2.41. The number of aryl methyl sites for hydroxylation is 1. The van der Waals surface area contributed by atoms with Crippen molar-refractivity contribution in [1.82, 2.24) is 5.32 Å². The minimum atomic E-state index is -1.06.